The molecule has 3 aromatic heterocycles. The number of nitrogens with zero attached hydrogens (tertiary/aromatic N) is 8. The summed E-state index contributed by atoms with van der Waals surface area (Å²) < 4.78 is 47.4. The Morgan fingerprint density at radius 2 is 1.95 bits per heavy atom. The van der Waals surface area contributed by atoms with Crippen LogP contribution in [0.4, 0.5) is 25.1 Å². The Hall–Kier alpha value is -3.62. The number of alkyl halides is 2. The molecule has 4 aromatic rings. The summed E-state index contributed by atoms with van der Waals surface area (Å²) in [6.07, 6.45) is 1.01. The van der Waals surface area contributed by atoms with Crippen molar-refractivity contribution in [2.45, 2.75) is 70.3 Å². The third-order valence-corrected chi connectivity index (χ3v) is 8.67. The third-order valence-electron chi connectivity index (χ3n) is 8.39. The van der Waals surface area contributed by atoms with Crippen LogP contribution in [-0.2, 0) is 6.54 Å². The number of piperazine rings is 1. The number of halogens is 4. The van der Waals surface area contributed by atoms with Crippen LogP contribution in [0.3, 0.4) is 0 Å². The van der Waals surface area contributed by atoms with E-state index in [-0.39, 0.29) is 17.9 Å². The number of aliphatic hydroxyl groups is 1. The molecule has 0 radical (unpaired) electrons. The molecular formula is C29H35ClF3N9O2. The summed E-state index contributed by atoms with van der Waals surface area (Å²) in [6.45, 7) is 6.14. The zero-order valence-electron chi connectivity index (χ0n) is 24.7. The molecule has 236 valence electrons. The average Bonchev–Trinajstić information content (AvgIpc) is 3.75. The molecular weight excluding hydrogens is 599 g/mol. The molecule has 1 aromatic carbocycles. The second-order valence-corrected chi connectivity index (χ2v) is 12.2. The fourth-order valence-electron chi connectivity index (χ4n) is 6.34. The van der Waals surface area contributed by atoms with Gasteiger partial charge in [-0.2, -0.15) is 0 Å². The van der Waals surface area contributed by atoms with Crippen LogP contribution in [0.1, 0.15) is 50.9 Å². The number of hydrogen-bond acceptors (Lipinski definition) is 9. The van der Waals surface area contributed by atoms with Crippen molar-refractivity contribution in [3.05, 3.63) is 40.9 Å². The summed E-state index contributed by atoms with van der Waals surface area (Å²) in [5, 5.41) is 13.9. The molecule has 3 atom stereocenters. The molecule has 0 saturated carbocycles. The summed E-state index contributed by atoms with van der Waals surface area (Å²) in [4.78, 5) is 17.6. The maximum atomic E-state index is 15.1. The van der Waals surface area contributed by atoms with Crippen LogP contribution in [0.2, 0.25) is 5.02 Å². The Bertz CT molecular complexity index is 1660. The van der Waals surface area contributed by atoms with Gasteiger partial charge in [0.05, 0.1) is 34.2 Å². The van der Waals surface area contributed by atoms with E-state index in [1.165, 1.54) is 18.3 Å². The largest absolute Gasteiger partial charge is 0.471 e. The SMILES string of the molecule is CC(C)n1c(N2CC3C[C@H]2CN3C)nc2c(F)cc(-c3nc(N)ncc3Cl)cc21.OC1CCCn2nc(OCC(F)F)cc21. The lowest BCUT2D eigenvalue weighted by molar-refractivity contribution is 0.0791. The second kappa shape index (κ2) is 12.1. The summed E-state index contributed by atoms with van der Waals surface area (Å²) >= 11 is 6.26. The van der Waals surface area contributed by atoms with Gasteiger partial charge in [0.2, 0.25) is 17.8 Å². The van der Waals surface area contributed by atoms with Gasteiger partial charge in [-0.3, -0.25) is 9.58 Å². The molecule has 0 aliphatic carbocycles. The number of aryl methyl sites for hydroxylation is 1. The van der Waals surface area contributed by atoms with E-state index in [1.807, 2.05) is 6.07 Å². The molecule has 15 heteroatoms. The number of nitrogen functional groups attached to an aromatic ring is 1. The van der Waals surface area contributed by atoms with Crippen LogP contribution in [0.5, 0.6) is 5.88 Å². The molecule has 0 amide bonds. The minimum Gasteiger partial charge on any atom is -0.471 e. The Kier molecular flexibility index (Phi) is 8.33. The van der Waals surface area contributed by atoms with Gasteiger partial charge in [0.1, 0.15) is 5.52 Å². The van der Waals surface area contributed by atoms with E-state index in [0.717, 1.165) is 37.4 Å². The summed E-state index contributed by atoms with van der Waals surface area (Å²) in [5.41, 5.74) is 8.44. The molecule has 3 aliphatic rings. The molecule has 3 N–H and O–H groups in total. The smallest absolute Gasteiger partial charge is 0.272 e. The van der Waals surface area contributed by atoms with Gasteiger partial charge in [-0.05, 0) is 52.3 Å². The molecule has 0 spiro atoms. The second-order valence-electron chi connectivity index (χ2n) is 11.8. The van der Waals surface area contributed by atoms with E-state index >= 15 is 4.39 Å². The predicted octanol–water partition coefficient (Wildman–Crippen LogP) is 4.70. The van der Waals surface area contributed by atoms with Gasteiger partial charge in [0.25, 0.3) is 6.43 Å². The van der Waals surface area contributed by atoms with Crippen molar-refractivity contribution in [2.24, 2.45) is 0 Å². The molecule has 6 heterocycles. The first-order valence-corrected chi connectivity index (χ1v) is 15.0. The number of rotatable bonds is 6. The normalized spacial score (nSPS) is 21.3. The molecule has 2 fully saturated rings. The van der Waals surface area contributed by atoms with Gasteiger partial charge in [0, 0.05) is 49.4 Å². The fraction of sp³-hybridized carbons (Fsp3) is 0.517. The van der Waals surface area contributed by atoms with E-state index < -0.39 is 25.0 Å². The standard InChI is InChI=1S/C20H23ClFN7.C9H12F2N2O2/c1-10(2)29-16-5-11(17-14(21)7-24-19(23)25-17)4-15(22)18(16)26-20(29)28-9-12-6-13(28)8-27(12)3;10-8(11)5-15-9-4-6-7(14)2-1-3-13(6)12-9/h4-5,7,10,12-13H,6,8-9H2,1-3H3,(H2,23,24,25);4,7-8,14H,1-3,5H2/t12?,13-;/m0./s1. The van der Waals surface area contributed by atoms with Gasteiger partial charge in [-0.25, -0.2) is 28.1 Å². The Morgan fingerprint density at radius 3 is 2.61 bits per heavy atom. The molecule has 44 heavy (non-hydrogen) atoms. The number of likely N-dealkylation sites (tertiary alicyclic amines) is 1. The lowest BCUT2D eigenvalue weighted by Gasteiger charge is -2.33. The van der Waals surface area contributed by atoms with E-state index in [9.17, 15) is 13.9 Å². The monoisotopic (exact) mass is 633 g/mol. The zero-order chi connectivity index (χ0) is 31.3. The predicted molar refractivity (Wildman–Crippen MR) is 161 cm³/mol. The number of anilines is 2. The number of benzene rings is 1. The number of ether oxygens (including phenoxy) is 1. The van der Waals surface area contributed by atoms with Crippen LogP contribution >= 0.6 is 11.6 Å². The van der Waals surface area contributed by atoms with Crippen molar-refractivity contribution in [3.8, 4) is 17.1 Å². The van der Waals surface area contributed by atoms with Gasteiger partial charge in [-0.15, -0.1) is 5.10 Å². The van der Waals surface area contributed by atoms with Crippen molar-refractivity contribution in [2.75, 3.05) is 37.4 Å². The Labute approximate surface area is 257 Å². The highest BCUT2D eigenvalue weighted by atomic mass is 35.5. The summed E-state index contributed by atoms with van der Waals surface area (Å²) in [7, 11) is 2.16. The lowest BCUT2D eigenvalue weighted by Crippen LogP contribution is -2.45. The zero-order valence-corrected chi connectivity index (χ0v) is 25.4. The Balaban J connectivity index is 0.000000193. The number of fused-ring (bicyclic) bond motifs is 4. The highest BCUT2D eigenvalue weighted by Gasteiger charge is 2.43. The van der Waals surface area contributed by atoms with Crippen LogP contribution < -0.4 is 15.4 Å². The molecule has 3 aliphatic heterocycles. The van der Waals surface area contributed by atoms with Crippen LogP contribution in [0.25, 0.3) is 22.3 Å². The first-order valence-electron chi connectivity index (χ1n) is 14.6. The van der Waals surface area contributed by atoms with E-state index in [4.69, 9.17) is 27.1 Å². The first kappa shape index (κ1) is 30.4. The molecule has 7 rings (SSSR count). The topological polar surface area (TPSA) is 123 Å². The minimum atomic E-state index is -2.51. The van der Waals surface area contributed by atoms with Gasteiger partial charge >= 0.3 is 0 Å². The number of nitrogens with two attached hydrogens (primary N) is 1. The lowest BCUT2D eigenvalue weighted by atomic mass is 10.1. The van der Waals surface area contributed by atoms with Gasteiger partial charge < -0.3 is 25.0 Å². The Morgan fingerprint density at radius 1 is 1.16 bits per heavy atom. The van der Waals surface area contributed by atoms with Crippen molar-refractivity contribution in [1.82, 2.24) is 34.2 Å². The molecule has 2 bridgehead atoms. The van der Waals surface area contributed by atoms with E-state index in [0.29, 0.717) is 52.5 Å². The van der Waals surface area contributed by atoms with Crippen LogP contribution in [0.15, 0.2) is 24.4 Å². The average molecular weight is 634 g/mol. The maximum Gasteiger partial charge on any atom is 0.272 e. The highest BCUT2D eigenvalue weighted by molar-refractivity contribution is 6.33. The minimum absolute atomic E-state index is 0.0974. The van der Waals surface area contributed by atoms with Crippen molar-refractivity contribution in [3.63, 3.8) is 0 Å². The summed E-state index contributed by atoms with van der Waals surface area (Å²) in [6, 6.07) is 5.89. The van der Waals surface area contributed by atoms with E-state index in [2.05, 4.69) is 50.3 Å². The highest BCUT2D eigenvalue weighted by Crippen LogP contribution is 2.38. The van der Waals surface area contributed by atoms with Crippen molar-refractivity contribution < 1.29 is 23.0 Å². The van der Waals surface area contributed by atoms with Gasteiger partial charge in [0.15, 0.2) is 12.4 Å². The van der Waals surface area contributed by atoms with Crippen molar-refractivity contribution >= 4 is 34.5 Å². The number of aromatic nitrogens is 6. The third kappa shape index (κ3) is 5.77. The van der Waals surface area contributed by atoms with Crippen LogP contribution in [-0.4, -0.2) is 84.6 Å². The quantitative estimate of drug-likeness (QED) is 0.311. The van der Waals surface area contributed by atoms with Crippen molar-refractivity contribution in [1.29, 1.82) is 0 Å². The molecule has 2 unspecified atom stereocenters. The van der Waals surface area contributed by atoms with Gasteiger partial charge in [-0.1, -0.05) is 11.6 Å². The molecule has 11 nitrogen and oxygen atoms in total. The number of likely N-dealkylation sites (N-methyl/N-ethyl adjacent to an activating group) is 1. The number of aliphatic hydroxyl groups excluding tert-OH is 1. The van der Waals surface area contributed by atoms with Crippen LogP contribution in [0, 0.1) is 5.82 Å². The summed E-state index contributed by atoms with van der Waals surface area (Å²) in [5.74, 6) is 0.694. The number of imidazole rings is 1. The maximum absolute atomic E-state index is 15.1. The van der Waals surface area contributed by atoms with E-state index in [1.54, 1.807) is 4.68 Å². The number of hydrogen-bond donors (Lipinski definition) is 2. The molecule has 2 saturated heterocycles. The fourth-order valence-corrected chi connectivity index (χ4v) is 6.54. The first-order chi connectivity index (χ1) is 21.0.